The number of benzene rings is 2. The van der Waals surface area contributed by atoms with E-state index in [2.05, 4.69) is 37.2 Å². The fourth-order valence-electron chi connectivity index (χ4n) is 4.58. The Morgan fingerprint density at radius 1 is 1.03 bits per heavy atom. The third-order valence-corrected chi connectivity index (χ3v) is 6.39. The van der Waals surface area contributed by atoms with E-state index < -0.39 is 5.47 Å². The number of oxime groups is 1. The highest BCUT2D eigenvalue weighted by molar-refractivity contribution is 6.38. The Balaban J connectivity index is 1.74. The van der Waals surface area contributed by atoms with E-state index in [1.165, 1.54) is 17.5 Å². The highest BCUT2D eigenvalue weighted by Crippen LogP contribution is 2.38. The van der Waals surface area contributed by atoms with E-state index in [0.717, 1.165) is 60.9 Å². The van der Waals surface area contributed by atoms with E-state index in [9.17, 15) is 4.39 Å². The number of aryl methyl sites for hydroxylation is 2. The van der Waals surface area contributed by atoms with Crippen LogP contribution in [0.2, 0.25) is 0 Å². The van der Waals surface area contributed by atoms with Gasteiger partial charge in [-0.25, -0.2) is 0 Å². The van der Waals surface area contributed by atoms with E-state index in [4.69, 9.17) is 20.5 Å². The molecule has 1 fully saturated rings. The van der Waals surface area contributed by atoms with Gasteiger partial charge in [0.25, 0.3) is 0 Å². The van der Waals surface area contributed by atoms with Crippen LogP contribution in [-0.4, -0.2) is 21.4 Å². The summed E-state index contributed by atoms with van der Waals surface area (Å²) in [5, 5.41) is 4.29. The minimum atomic E-state index is -2.36. The first-order chi connectivity index (χ1) is 14.8. The maximum atomic E-state index is 14.6. The van der Waals surface area contributed by atoms with Gasteiger partial charge in [0.15, 0.2) is 0 Å². The van der Waals surface area contributed by atoms with Crippen LogP contribution in [-0.2, 0) is 29.8 Å². The second-order valence-corrected chi connectivity index (χ2v) is 8.67. The van der Waals surface area contributed by atoms with Gasteiger partial charge in [0.1, 0.15) is 22.3 Å². The monoisotopic (exact) mass is 415 g/mol. The van der Waals surface area contributed by atoms with Crippen molar-refractivity contribution >= 4 is 21.4 Å². The van der Waals surface area contributed by atoms with Crippen LogP contribution in [0, 0.1) is 0 Å². The zero-order chi connectivity index (χ0) is 22.4. The fraction of sp³-hybridized carbons (Fsp3) is 0.500. The molecule has 0 unspecified atom stereocenters. The summed E-state index contributed by atoms with van der Waals surface area (Å²) in [5.41, 5.74) is 4.30. The van der Waals surface area contributed by atoms with Crippen molar-refractivity contribution in [2.75, 3.05) is 0 Å². The van der Waals surface area contributed by atoms with E-state index >= 15 is 0 Å². The van der Waals surface area contributed by atoms with Crippen LogP contribution in [0.15, 0.2) is 41.6 Å². The average Bonchev–Trinajstić information content (AvgIpc) is 2.78. The van der Waals surface area contributed by atoms with Crippen molar-refractivity contribution in [2.24, 2.45) is 5.16 Å². The summed E-state index contributed by atoms with van der Waals surface area (Å²) in [6.45, 7) is 6.50. The summed E-state index contributed by atoms with van der Waals surface area (Å²) in [6, 6.07) is 12.1. The zero-order valence-electron chi connectivity index (χ0n) is 19.1. The van der Waals surface area contributed by atoms with Gasteiger partial charge in [-0.15, -0.1) is 0 Å². The molecule has 0 bridgehead atoms. The van der Waals surface area contributed by atoms with Crippen molar-refractivity contribution in [3.8, 4) is 0 Å². The Hall–Kier alpha value is -2.03. The Morgan fingerprint density at radius 2 is 1.74 bits per heavy atom. The summed E-state index contributed by atoms with van der Waals surface area (Å²) >= 11 is 0. The van der Waals surface area contributed by atoms with Crippen LogP contribution in [0.4, 0.5) is 4.39 Å². The first kappa shape index (κ1) is 23.6. The molecular formula is C26H32B2FNO. The predicted octanol–water partition coefficient (Wildman–Crippen LogP) is 6.22. The predicted molar refractivity (Wildman–Crippen MR) is 129 cm³/mol. The smallest absolute Gasteiger partial charge is 0.142 e. The molecule has 2 aromatic rings. The standard InChI is InChI=1S/C26H32B2FNO/c1-4-20-12-13-23(16-21(20)5-2)18(3)30-31-17-19-11-14-24(22-9-7-6-8-10-22)25(15-19)26(27,28)29/h11-16,22H,4-10,17H2,1-3H3/b30-18+. The Kier molecular flexibility index (Phi) is 8.02. The lowest BCUT2D eigenvalue weighted by atomic mass is 9.60. The molecule has 0 saturated heterocycles. The Bertz CT molecular complexity index is 914. The molecule has 1 saturated carbocycles. The molecule has 0 N–H and O–H groups in total. The lowest BCUT2D eigenvalue weighted by Crippen LogP contribution is -2.24. The van der Waals surface area contributed by atoms with Crippen molar-refractivity contribution < 1.29 is 9.23 Å². The summed E-state index contributed by atoms with van der Waals surface area (Å²) in [7, 11) is 11.4. The van der Waals surface area contributed by atoms with E-state index in [-0.39, 0.29) is 6.61 Å². The maximum absolute atomic E-state index is 14.6. The normalized spacial score (nSPS) is 15.8. The topological polar surface area (TPSA) is 21.6 Å². The second-order valence-electron chi connectivity index (χ2n) is 8.67. The molecule has 1 aliphatic carbocycles. The molecule has 5 heteroatoms. The molecular weight excluding hydrogens is 383 g/mol. The van der Waals surface area contributed by atoms with E-state index in [0.29, 0.717) is 11.5 Å². The van der Waals surface area contributed by atoms with Gasteiger partial charge >= 0.3 is 0 Å². The number of halogens is 1. The SMILES string of the molecule is [B]C([B])(F)c1cc(CO/N=C(\C)c2ccc(CC)c(CC)c2)ccc1C1CCCCC1. The number of rotatable bonds is 8. The van der Waals surface area contributed by atoms with Crippen LogP contribution in [0.3, 0.4) is 0 Å². The van der Waals surface area contributed by atoms with E-state index in [1.807, 2.05) is 19.1 Å². The molecule has 0 heterocycles. The second kappa shape index (κ2) is 10.5. The van der Waals surface area contributed by atoms with Gasteiger partial charge in [-0.05, 0) is 78.0 Å². The molecule has 2 nitrogen and oxygen atoms in total. The summed E-state index contributed by atoms with van der Waals surface area (Å²) in [6.07, 6.45) is 7.69. The lowest BCUT2D eigenvalue weighted by Gasteiger charge is -2.29. The molecule has 3 rings (SSSR count). The lowest BCUT2D eigenvalue weighted by molar-refractivity contribution is 0.130. The molecule has 0 aliphatic heterocycles. The molecule has 0 spiro atoms. The van der Waals surface area contributed by atoms with Crippen LogP contribution in [0.5, 0.6) is 0 Å². The third kappa shape index (κ3) is 6.02. The van der Waals surface area contributed by atoms with Crippen molar-refractivity contribution in [1.82, 2.24) is 0 Å². The summed E-state index contributed by atoms with van der Waals surface area (Å²) in [5.74, 6) is 0.320. The van der Waals surface area contributed by atoms with Crippen LogP contribution in [0.25, 0.3) is 0 Å². The maximum Gasteiger partial charge on any atom is 0.142 e. The summed E-state index contributed by atoms with van der Waals surface area (Å²) in [4.78, 5) is 5.60. The Morgan fingerprint density at radius 3 is 2.39 bits per heavy atom. The average molecular weight is 415 g/mol. The molecule has 4 radical (unpaired) electrons. The molecule has 2 aromatic carbocycles. The minimum Gasteiger partial charge on any atom is -0.391 e. The van der Waals surface area contributed by atoms with Gasteiger partial charge in [0.2, 0.25) is 0 Å². The first-order valence-electron chi connectivity index (χ1n) is 11.5. The molecule has 0 atom stereocenters. The van der Waals surface area contributed by atoms with Crippen molar-refractivity contribution in [3.63, 3.8) is 0 Å². The largest absolute Gasteiger partial charge is 0.391 e. The van der Waals surface area contributed by atoms with Gasteiger partial charge in [-0.1, -0.05) is 68.6 Å². The fourth-order valence-corrected chi connectivity index (χ4v) is 4.58. The zero-order valence-corrected chi connectivity index (χ0v) is 19.1. The molecule has 160 valence electrons. The quantitative estimate of drug-likeness (QED) is 0.285. The number of hydrogen-bond donors (Lipinski definition) is 0. The van der Waals surface area contributed by atoms with Gasteiger partial charge < -0.3 is 4.84 Å². The highest BCUT2D eigenvalue weighted by atomic mass is 19.1. The van der Waals surface area contributed by atoms with Crippen LogP contribution >= 0.6 is 0 Å². The molecule has 0 amide bonds. The molecule has 1 aliphatic rings. The van der Waals surface area contributed by atoms with Crippen molar-refractivity contribution in [2.45, 2.75) is 83.7 Å². The van der Waals surface area contributed by atoms with Crippen LogP contribution in [0.1, 0.15) is 92.2 Å². The Labute approximate surface area is 189 Å². The van der Waals surface area contributed by atoms with Gasteiger partial charge in [0.05, 0.1) is 11.2 Å². The molecule has 0 aromatic heterocycles. The van der Waals surface area contributed by atoms with Gasteiger partial charge in [-0.2, -0.15) is 0 Å². The number of nitrogens with zero attached hydrogens (tertiary/aromatic N) is 1. The number of alkyl halides is 1. The summed E-state index contributed by atoms with van der Waals surface area (Å²) < 4.78 is 14.6. The van der Waals surface area contributed by atoms with Crippen molar-refractivity contribution in [1.29, 1.82) is 0 Å². The minimum absolute atomic E-state index is 0.235. The van der Waals surface area contributed by atoms with Gasteiger partial charge in [0, 0.05) is 0 Å². The van der Waals surface area contributed by atoms with Crippen molar-refractivity contribution in [3.05, 3.63) is 69.8 Å². The van der Waals surface area contributed by atoms with E-state index in [1.54, 1.807) is 6.07 Å². The van der Waals surface area contributed by atoms with Gasteiger partial charge in [-0.3, -0.25) is 4.39 Å². The highest BCUT2D eigenvalue weighted by Gasteiger charge is 2.26. The van der Waals surface area contributed by atoms with Crippen LogP contribution < -0.4 is 0 Å². The number of hydrogen-bond acceptors (Lipinski definition) is 2. The molecule has 31 heavy (non-hydrogen) atoms. The first-order valence-corrected chi connectivity index (χ1v) is 11.5. The third-order valence-electron chi connectivity index (χ3n) is 6.39.